The van der Waals surface area contributed by atoms with E-state index in [2.05, 4.69) is 34.3 Å². The first-order valence-electron chi connectivity index (χ1n) is 18.0. The SMILES string of the molecule is CC(C)(C)c1ocnc1/C=c1\[nH]c(=O)/c(=C/c2ccc3csnc3c2)[nH]c1=O.CC(C)(C)c1ocnc1/C=c1\[nH]c(=O)/c(=C/c2cccc3ccccc23)[nH]c1=O. The Kier molecular flexibility index (Phi) is 10.3. The van der Waals surface area contributed by atoms with Gasteiger partial charge in [0.05, 0.1) is 5.52 Å². The summed E-state index contributed by atoms with van der Waals surface area (Å²) in [6, 6.07) is 19.4. The minimum Gasteiger partial charge on any atom is -0.447 e. The van der Waals surface area contributed by atoms with Crippen LogP contribution in [0.25, 0.3) is 46.0 Å². The number of nitrogens with one attached hydrogen (secondary N) is 4. The van der Waals surface area contributed by atoms with Crippen LogP contribution in [-0.4, -0.2) is 34.3 Å². The van der Waals surface area contributed by atoms with Gasteiger partial charge >= 0.3 is 0 Å². The first kappa shape index (κ1) is 38.3. The molecule has 5 aromatic heterocycles. The Morgan fingerprint density at radius 3 is 1.65 bits per heavy atom. The van der Waals surface area contributed by atoms with Crippen molar-refractivity contribution in [1.29, 1.82) is 0 Å². The van der Waals surface area contributed by atoms with E-state index in [9.17, 15) is 19.2 Å². The molecule has 0 aliphatic rings. The summed E-state index contributed by atoms with van der Waals surface area (Å²) in [6.07, 6.45) is 9.03. The lowest BCUT2D eigenvalue weighted by Gasteiger charge is -2.14. The van der Waals surface area contributed by atoms with E-state index in [4.69, 9.17) is 8.83 Å². The Hall–Kier alpha value is -6.93. The molecule has 4 N–H and O–H groups in total. The zero-order chi connectivity index (χ0) is 40.5. The molecule has 14 heteroatoms. The first-order chi connectivity index (χ1) is 27.1. The third-order valence-electron chi connectivity index (χ3n) is 8.91. The van der Waals surface area contributed by atoms with Gasteiger partial charge in [-0.3, -0.25) is 19.2 Å². The van der Waals surface area contributed by atoms with E-state index in [-0.39, 0.29) is 37.8 Å². The molecule has 0 spiro atoms. The van der Waals surface area contributed by atoms with Gasteiger partial charge in [0, 0.05) is 21.6 Å². The third-order valence-corrected chi connectivity index (χ3v) is 9.57. The quantitative estimate of drug-likeness (QED) is 0.206. The molecule has 5 heterocycles. The average Bonchev–Trinajstić information content (AvgIpc) is 3.94. The summed E-state index contributed by atoms with van der Waals surface area (Å²) in [5, 5.41) is 5.67. The maximum Gasteiger partial charge on any atom is 0.272 e. The number of aromatic amines is 4. The van der Waals surface area contributed by atoms with E-state index in [0.717, 1.165) is 32.8 Å². The van der Waals surface area contributed by atoms with Gasteiger partial charge in [-0.15, -0.1) is 0 Å². The normalized spacial score (nSPS) is 13.4. The number of aromatic nitrogens is 7. The van der Waals surface area contributed by atoms with Gasteiger partial charge in [-0.1, -0.05) is 96.1 Å². The number of benzene rings is 3. The van der Waals surface area contributed by atoms with Crippen LogP contribution in [0.5, 0.6) is 0 Å². The Morgan fingerprint density at radius 2 is 1.09 bits per heavy atom. The number of nitrogens with zero attached hydrogens (tertiary/aromatic N) is 3. The number of hydrogen-bond donors (Lipinski definition) is 4. The topological polar surface area (TPSA) is 196 Å². The van der Waals surface area contributed by atoms with Gasteiger partial charge < -0.3 is 28.8 Å². The molecule has 0 saturated heterocycles. The molecule has 0 radical (unpaired) electrons. The van der Waals surface area contributed by atoms with Crippen molar-refractivity contribution in [3.8, 4) is 0 Å². The van der Waals surface area contributed by atoms with E-state index in [1.54, 1.807) is 12.2 Å². The van der Waals surface area contributed by atoms with Crippen LogP contribution in [-0.2, 0) is 10.8 Å². The molecule has 0 fully saturated rings. The summed E-state index contributed by atoms with van der Waals surface area (Å²) in [5.74, 6) is 1.28. The second-order valence-corrected chi connectivity index (χ2v) is 16.0. The van der Waals surface area contributed by atoms with Gasteiger partial charge in [0.15, 0.2) is 12.8 Å². The molecule has 13 nitrogen and oxygen atoms in total. The van der Waals surface area contributed by atoms with Crippen molar-refractivity contribution in [3.63, 3.8) is 0 Å². The van der Waals surface area contributed by atoms with E-state index < -0.39 is 16.7 Å². The smallest absolute Gasteiger partial charge is 0.272 e. The Labute approximate surface area is 327 Å². The molecule has 3 aromatic carbocycles. The second-order valence-electron chi connectivity index (χ2n) is 15.4. The minimum absolute atomic E-state index is 0.122. The summed E-state index contributed by atoms with van der Waals surface area (Å²) in [7, 11) is 0. The van der Waals surface area contributed by atoms with Crippen LogP contribution in [0.1, 0.15) is 75.6 Å². The van der Waals surface area contributed by atoms with Crippen molar-refractivity contribution in [1.82, 2.24) is 34.3 Å². The lowest BCUT2D eigenvalue weighted by molar-refractivity contribution is 0.407. The van der Waals surface area contributed by atoms with Crippen LogP contribution in [0.4, 0.5) is 0 Å². The highest BCUT2D eigenvalue weighted by Crippen LogP contribution is 2.26. The zero-order valence-electron chi connectivity index (χ0n) is 32.0. The van der Waals surface area contributed by atoms with Crippen molar-refractivity contribution >= 4 is 57.5 Å². The molecule has 288 valence electrons. The predicted molar refractivity (Wildman–Crippen MR) is 222 cm³/mol. The molecular formula is C43H39N7O6S. The standard InChI is InChI=1S/C23H21N3O3.C20H18N4O3S/c1-23(2,3)20-17(24-13-29-20)12-19-22(28)25-18(21(27)26-19)11-15-9-6-8-14-7-4-5-10-16(14)15;1-20(2,3)17-14(21-10-27-17)8-16-19(26)22-15(18(25)23-16)7-11-4-5-12-9-28-24-13(12)6-11/h4-13H,1-3H3,(H,25,28)(H,26,27);4-10H,1-3H3,(H,22,26)(H,23,25)/b18-11-,19-12-;15-7-,16-8-. The Balaban J connectivity index is 0.000000174. The number of rotatable bonds is 4. The molecule has 0 aliphatic carbocycles. The van der Waals surface area contributed by atoms with Crippen LogP contribution >= 0.6 is 11.5 Å². The fourth-order valence-corrected chi connectivity index (χ4v) is 6.81. The summed E-state index contributed by atoms with van der Waals surface area (Å²) in [4.78, 5) is 69.1. The lowest BCUT2D eigenvalue weighted by atomic mass is 9.92. The van der Waals surface area contributed by atoms with Crippen molar-refractivity contribution in [2.24, 2.45) is 0 Å². The fraction of sp³-hybridized carbons (Fsp3) is 0.186. The van der Waals surface area contributed by atoms with E-state index in [1.165, 1.54) is 36.5 Å². The lowest BCUT2D eigenvalue weighted by Crippen LogP contribution is -2.46. The van der Waals surface area contributed by atoms with E-state index in [1.807, 2.05) is 108 Å². The van der Waals surface area contributed by atoms with E-state index >= 15 is 0 Å². The Bertz CT molecular complexity index is 3270. The maximum atomic E-state index is 12.6. The maximum absolute atomic E-state index is 12.6. The first-order valence-corrected chi connectivity index (χ1v) is 18.8. The molecule has 8 aromatic rings. The minimum atomic E-state index is -0.413. The van der Waals surface area contributed by atoms with Crippen LogP contribution < -0.4 is 43.6 Å². The number of oxazole rings is 2. The average molecular weight is 782 g/mol. The Morgan fingerprint density at radius 1 is 0.579 bits per heavy atom. The number of H-pyrrole nitrogens is 4. The van der Waals surface area contributed by atoms with Gasteiger partial charge in [0.25, 0.3) is 22.2 Å². The van der Waals surface area contributed by atoms with Crippen LogP contribution in [0.15, 0.2) is 107 Å². The highest BCUT2D eigenvalue weighted by Gasteiger charge is 2.23. The zero-order valence-corrected chi connectivity index (χ0v) is 32.8. The summed E-state index contributed by atoms with van der Waals surface area (Å²) in [5.41, 5.74) is 1.36. The molecule has 0 atom stereocenters. The van der Waals surface area contributed by atoms with Crippen LogP contribution in [0, 0.1) is 0 Å². The summed E-state index contributed by atoms with van der Waals surface area (Å²) < 4.78 is 15.2. The number of fused-ring (bicyclic) bond motifs is 2. The highest BCUT2D eigenvalue weighted by molar-refractivity contribution is 7.04. The molecule has 8 rings (SSSR count). The molecule has 0 bridgehead atoms. The van der Waals surface area contributed by atoms with Crippen molar-refractivity contribution in [3.05, 3.63) is 176 Å². The van der Waals surface area contributed by atoms with Crippen LogP contribution in [0.3, 0.4) is 0 Å². The van der Waals surface area contributed by atoms with Crippen molar-refractivity contribution in [2.75, 3.05) is 0 Å². The fourth-order valence-electron chi connectivity index (χ4n) is 6.17. The van der Waals surface area contributed by atoms with E-state index in [0.29, 0.717) is 22.9 Å². The second kappa shape index (κ2) is 15.3. The molecule has 0 aliphatic heterocycles. The number of hydrogen-bond acceptors (Lipinski definition) is 10. The summed E-state index contributed by atoms with van der Waals surface area (Å²) in [6.45, 7) is 11.9. The van der Waals surface area contributed by atoms with Crippen molar-refractivity contribution < 1.29 is 8.83 Å². The third kappa shape index (κ3) is 8.50. The molecule has 57 heavy (non-hydrogen) atoms. The largest absolute Gasteiger partial charge is 0.447 e. The predicted octanol–water partition coefficient (Wildman–Crippen LogP) is 3.78. The van der Waals surface area contributed by atoms with Crippen LogP contribution in [0.2, 0.25) is 0 Å². The van der Waals surface area contributed by atoms with Gasteiger partial charge in [-0.25, -0.2) is 9.97 Å². The van der Waals surface area contributed by atoms with Gasteiger partial charge in [0.1, 0.15) is 44.3 Å². The molecular weight excluding hydrogens is 743 g/mol. The monoisotopic (exact) mass is 781 g/mol. The van der Waals surface area contributed by atoms with Crippen molar-refractivity contribution in [2.45, 2.75) is 52.4 Å². The molecule has 0 unspecified atom stereocenters. The summed E-state index contributed by atoms with van der Waals surface area (Å²) >= 11 is 1.37. The van der Waals surface area contributed by atoms with Gasteiger partial charge in [-0.05, 0) is 63.8 Å². The molecule has 0 amide bonds. The molecule has 0 saturated carbocycles. The highest BCUT2D eigenvalue weighted by atomic mass is 32.1. The van der Waals surface area contributed by atoms with Gasteiger partial charge in [-0.2, -0.15) is 4.37 Å². The van der Waals surface area contributed by atoms with Gasteiger partial charge in [0.2, 0.25) is 0 Å².